The molecule has 0 amide bonds. The Labute approximate surface area is 147 Å². The van der Waals surface area contributed by atoms with E-state index in [2.05, 4.69) is 0 Å². The maximum atomic E-state index is 12.6. The van der Waals surface area contributed by atoms with Crippen molar-refractivity contribution < 1.29 is 33.2 Å². The Hall–Kier alpha value is -2.19. The zero-order valence-electron chi connectivity index (χ0n) is 14.1. The summed E-state index contributed by atoms with van der Waals surface area (Å²) in [5.41, 5.74) is -0.403. The second-order valence-electron chi connectivity index (χ2n) is 7.33. The monoisotopic (exact) mass is 369 g/mol. The van der Waals surface area contributed by atoms with Crippen molar-refractivity contribution in [2.75, 3.05) is 0 Å². The fraction of sp³-hybridized carbons (Fsp3) is 0.444. The average Bonchev–Trinajstić information content (AvgIpc) is 3.10. The van der Waals surface area contributed by atoms with Gasteiger partial charge in [-0.05, 0) is 44.4 Å². The first-order chi connectivity index (χ1) is 12.0. The Morgan fingerprint density at radius 1 is 1.00 bits per heavy atom. The van der Waals surface area contributed by atoms with E-state index < -0.39 is 23.5 Å². The molecule has 1 aromatic carbocycles. The van der Waals surface area contributed by atoms with E-state index in [1.165, 1.54) is 16.7 Å². The number of halogens is 3. The Morgan fingerprint density at radius 2 is 1.46 bits per heavy atom. The van der Waals surface area contributed by atoms with Crippen molar-refractivity contribution in [1.82, 2.24) is 4.57 Å². The van der Waals surface area contributed by atoms with Gasteiger partial charge >= 0.3 is 6.18 Å². The van der Waals surface area contributed by atoms with Crippen LogP contribution in [-0.4, -0.2) is 26.1 Å². The molecule has 3 N–H and O–H groups in total. The first kappa shape index (κ1) is 17.2. The molecule has 140 valence electrons. The van der Waals surface area contributed by atoms with E-state index in [1.807, 2.05) is 13.8 Å². The molecule has 2 bridgehead atoms. The van der Waals surface area contributed by atoms with Crippen molar-refractivity contribution in [3.05, 3.63) is 41.0 Å². The molecule has 1 fully saturated rings. The third kappa shape index (κ3) is 2.12. The van der Waals surface area contributed by atoms with Gasteiger partial charge in [-0.3, -0.25) is 4.57 Å². The van der Waals surface area contributed by atoms with E-state index in [9.17, 15) is 28.5 Å². The van der Waals surface area contributed by atoms with Crippen LogP contribution in [0.5, 0.6) is 11.8 Å². The molecular formula is C18H18F3NO4. The largest absolute Gasteiger partial charge is 0.494 e. The van der Waals surface area contributed by atoms with Gasteiger partial charge in [-0.25, -0.2) is 0 Å². The topological polar surface area (TPSA) is 74.9 Å². The quantitative estimate of drug-likeness (QED) is 0.754. The van der Waals surface area contributed by atoms with Crippen molar-refractivity contribution in [3.8, 4) is 17.4 Å². The van der Waals surface area contributed by atoms with Crippen LogP contribution in [0.4, 0.5) is 13.2 Å². The number of alkyl halides is 3. The third-order valence-corrected chi connectivity index (χ3v) is 5.49. The van der Waals surface area contributed by atoms with Gasteiger partial charge in [0.25, 0.3) is 0 Å². The summed E-state index contributed by atoms with van der Waals surface area (Å²) < 4.78 is 45.1. The number of aromatic nitrogens is 1. The number of rotatable bonds is 2. The summed E-state index contributed by atoms with van der Waals surface area (Å²) in [5, 5.41) is 30.7. The third-order valence-electron chi connectivity index (χ3n) is 5.49. The van der Waals surface area contributed by atoms with Gasteiger partial charge in [0.15, 0.2) is 6.10 Å². The fourth-order valence-corrected chi connectivity index (χ4v) is 4.22. The van der Waals surface area contributed by atoms with Crippen LogP contribution in [0.2, 0.25) is 0 Å². The number of nitrogens with zero attached hydrogens (tertiary/aromatic N) is 1. The number of benzene rings is 1. The van der Waals surface area contributed by atoms with E-state index in [-0.39, 0.29) is 17.3 Å². The summed E-state index contributed by atoms with van der Waals surface area (Å²) in [6.07, 6.45) is -5.95. The Kier molecular flexibility index (Phi) is 3.28. The Balaban J connectivity index is 1.80. The summed E-state index contributed by atoms with van der Waals surface area (Å²) in [6.45, 7) is 3.69. The minimum atomic E-state index is -4.76. The summed E-state index contributed by atoms with van der Waals surface area (Å²) in [4.78, 5) is 0. The van der Waals surface area contributed by atoms with Crippen LogP contribution in [0.3, 0.4) is 0 Å². The predicted octanol–water partition coefficient (Wildman–Crippen LogP) is 3.74. The number of aromatic hydroxyl groups is 2. The molecule has 5 nitrogen and oxygen atoms in total. The zero-order valence-corrected chi connectivity index (χ0v) is 14.1. The van der Waals surface area contributed by atoms with Crippen molar-refractivity contribution in [3.63, 3.8) is 0 Å². The van der Waals surface area contributed by atoms with Crippen LogP contribution in [0.1, 0.15) is 49.5 Å². The van der Waals surface area contributed by atoms with Gasteiger partial charge in [0.2, 0.25) is 11.8 Å². The summed E-state index contributed by atoms with van der Waals surface area (Å²) in [5.74, 6) is -0.375. The number of ether oxygens (including phenoxy) is 1. The van der Waals surface area contributed by atoms with E-state index in [1.54, 1.807) is 0 Å². The molecular weight excluding hydrogens is 351 g/mol. The van der Waals surface area contributed by atoms with Crippen molar-refractivity contribution in [2.45, 2.75) is 50.2 Å². The molecule has 0 radical (unpaired) electrons. The standard InChI is InChI=1S/C18H18F3NO4/c1-16-7-8-17(2,26-16)12-11(16)14(24)22(15(12)25)10-5-3-9(4-6-10)13(23)18(19,20)21/h3-6,13,23-25H,7-8H2,1-2H3/t13?,16-,17-/m0/s1. The van der Waals surface area contributed by atoms with Crippen LogP contribution >= 0.6 is 0 Å². The lowest BCUT2D eigenvalue weighted by Crippen LogP contribution is -2.20. The van der Waals surface area contributed by atoms with Crippen molar-refractivity contribution >= 4 is 0 Å². The first-order valence-electron chi connectivity index (χ1n) is 8.21. The highest BCUT2D eigenvalue weighted by Crippen LogP contribution is 2.64. The van der Waals surface area contributed by atoms with Crippen molar-refractivity contribution in [1.29, 1.82) is 0 Å². The lowest BCUT2D eigenvalue weighted by Gasteiger charge is -2.21. The molecule has 1 unspecified atom stereocenters. The SMILES string of the molecule is C[C@@]12CC[C@](C)(O1)c1c2c(O)n(-c2ccc(C(O)C(F)(F)F)cc2)c1O. The second kappa shape index (κ2) is 4.95. The number of aliphatic hydroxyl groups is 1. The highest BCUT2D eigenvalue weighted by Gasteiger charge is 2.59. The first-order valence-corrected chi connectivity index (χ1v) is 8.21. The molecule has 2 aromatic rings. The van der Waals surface area contributed by atoms with Gasteiger partial charge in [0.05, 0.1) is 28.0 Å². The molecule has 0 spiro atoms. The average molecular weight is 369 g/mol. The zero-order chi connectivity index (χ0) is 19.1. The molecule has 1 saturated heterocycles. The van der Waals surface area contributed by atoms with E-state index >= 15 is 0 Å². The normalized spacial score (nSPS) is 28.4. The Bertz CT molecular complexity index is 850. The summed E-state index contributed by atoms with van der Waals surface area (Å²) in [7, 11) is 0. The fourth-order valence-electron chi connectivity index (χ4n) is 4.22. The number of aliphatic hydroxyl groups excluding tert-OH is 1. The highest BCUT2D eigenvalue weighted by molar-refractivity contribution is 5.60. The molecule has 8 heteroatoms. The molecule has 0 saturated carbocycles. The summed E-state index contributed by atoms with van der Waals surface area (Å²) >= 11 is 0. The minimum Gasteiger partial charge on any atom is -0.494 e. The predicted molar refractivity (Wildman–Crippen MR) is 85.1 cm³/mol. The number of fused-ring (bicyclic) bond motifs is 5. The van der Waals surface area contributed by atoms with Gasteiger partial charge in [-0.1, -0.05) is 12.1 Å². The lowest BCUT2D eigenvalue weighted by molar-refractivity contribution is -0.206. The molecule has 1 aromatic heterocycles. The van der Waals surface area contributed by atoms with E-state index in [4.69, 9.17) is 4.74 Å². The van der Waals surface area contributed by atoms with Gasteiger partial charge < -0.3 is 20.1 Å². The highest BCUT2D eigenvalue weighted by atomic mass is 19.4. The van der Waals surface area contributed by atoms with Crippen molar-refractivity contribution in [2.24, 2.45) is 0 Å². The van der Waals surface area contributed by atoms with Gasteiger partial charge in [-0.15, -0.1) is 0 Å². The maximum Gasteiger partial charge on any atom is 0.418 e. The smallest absolute Gasteiger partial charge is 0.418 e. The molecule has 26 heavy (non-hydrogen) atoms. The van der Waals surface area contributed by atoms with Crippen LogP contribution in [0.15, 0.2) is 24.3 Å². The summed E-state index contributed by atoms with van der Waals surface area (Å²) in [6, 6.07) is 4.86. The van der Waals surface area contributed by atoms with Gasteiger partial charge in [0, 0.05) is 0 Å². The molecule has 0 aliphatic carbocycles. The second-order valence-corrected chi connectivity index (χ2v) is 7.33. The van der Waals surface area contributed by atoms with Crippen LogP contribution in [0.25, 0.3) is 5.69 Å². The molecule has 3 heterocycles. The van der Waals surface area contributed by atoms with Crippen LogP contribution in [-0.2, 0) is 15.9 Å². The minimum absolute atomic E-state index is 0.187. The van der Waals surface area contributed by atoms with Gasteiger partial charge in [-0.2, -0.15) is 13.2 Å². The molecule has 2 aliphatic heterocycles. The number of hydrogen-bond donors (Lipinski definition) is 3. The Morgan fingerprint density at radius 3 is 1.88 bits per heavy atom. The molecule has 4 rings (SSSR count). The van der Waals surface area contributed by atoms with Crippen LogP contribution in [0, 0.1) is 0 Å². The van der Waals surface area contributed by atoms with Gasteiger partial charge in [0.1, 0.15) is 0 Å². The van der Waals surface area contributed by atoms with Crippen LogP contribution < -0.4 is 0 Å². The van der Waals surface area contributed by atoms with E-state index in [0.29, 0.717) is 29.7 Å². The van der Waals surface area contributed by atoms with E-state index in [0.717, 1.165) is 12.1 Å². The lowest BCUT2D eigenvalue weighted by atomic mass is 9.80. The molecule has 3 atom stereocenters. The maximum absolute atomic E-state index is 12.6. The molecule has 2 aliphatic rings. The number of hydrogen-bond acceptors (Lipinski definition) is 4.